The van der Waals surface area contributed by atoms with E-state index in [1.54, 1.807) is 0 Å². The molecule has 23 heavy (non-hydrogen) atoms. The fraction of sp³-hybridized carbons (Fsp3) is 0.350. The van der Waals surface area contributed by atoms with Crippen LogP contribution in [-0.4, -0.2) is 18.6 Å². The lowest BCUT2D eigenvalue weighted by molar-refractivity contribution is -0.123. The van der Waals surface area contributed by atoms with Crippen molar-refractivity contribution in [3.8, 4) is 5.75 Å². The number of carbonyl (C=O) groups is 1. The van der Waals surface area contributed by atoms with Gasteiger partial charge in [-0.15, -0.1) is 0 Å². The molecule has 0 aromatic heterocycles. The Balaban J connectivity index is 1.76. The van der Waals surface area contributed by atoms with Gasteiger partial charge < -0.3 is 10.1 Å². The Hall–Kier alpha value is -2.29. The minimum Gasteiger partial charge on any atom is -0.483 e. The number of carbonyl (C=O) groups excluding carboxylic acids is 1. The maximum absolute atomic E-state index is 12.0. The molecule has 3 nitrogen and oxygen atoms in total. The number of hydrogen-bond donors (Lipinski definition) is 1. The molecule has 0 fully saturated rings. The van der Waals surface area contributed by atoms with Crippen LogP contribution in [0.2, 0.25) is 0 Å². The number of nitrogens with one attached hydrogen (secondary N) is 1. The number of rotatable bonds is 7. The molecular formula is C20H25NO2. The molecule has 0 aliphatic rings. The van der Waals surface area contributed by atoms with Crippen molar-refractivity contribution in [1.82, 2.24) is 5.32 Å². The van der Waals surface area contributed by atoms with Crippen LogP contribution in [0.1, 0.15) is 30.0 Å². The number of aryl methyl sites for hydroxylation is 3. The van der Waals surface area contributed by atoms with Crippen LogP contribution >= 0.6 is 0 Å². The van der Waals surface area contributed by atoms with Crippen molar-refractivity contribution in [3.05, 3.63) is 65.2 Å². The number of hydrogen-bond acceptors (Lipinski definition) is 2. The molecule has 1 atom stereocenters. The van der Waals surface area contributed by atoms with Gasteiger partial charge in [-0.25, -0.2) is 0 Å². The first-order chi connectivity index (χ1) is 11.1. The molecule has 0 aliphatic heterocycles. The van der Waals surface area contributed by atoms with E-state index in [1.165, 1.54) is 5.56 Å². The zero-order chi connectivity index (χ0) is 16.7. The molecule has 122 valence electrons. The molecule has 2 aromatic carbocycles. The molecule has 0 bridgehead atoms. The van der Waals surface area contributed by atoms with Crippen LogP contribution in [0, 0.1) is 13.8 Å². The maximum atomic E-state index is 12.0. The van der Waals surface area contributed by atoms with Crippen molar-refractivity contribution in [1.29, 1.82) is 0 Å². The Morgan fingerprint density at radius 2 is 1.70 bits per heavy atom. The predicted octanol–water partition coefficient (Wildman–Crippen LogP) is 3.82. The highest BCUT2D eigenvalue weighted by Gasteiger charge is 2.10. The van der Waals surface area contributed by atoms with E-state index in [4.69, 9.17) is 4.74 Å². The summed E-state index contributed by atoms with van der Waals surface area (Å²) >= 11 is 0. The molecule has 0 heterocycles. The fourth-order valence-corrected chi connectivity index (χ4v) is 2.58. The number of para-hydroxylation sites is 1. The van der Waals surface area contributed by atoms with Gasteiger partial charge in [0.1, 0.15) is 5.75 Å². The lowest BCUT2D eigenvalue weighted by Crippen LogP contribution is -2.36. The van der Waals surface area contributed by atoms with Gasteiger partial charge in [-0.3, -0.25) is 4.79 Å². The summed E-state index contributed by atoms with van der Waals surface area (Å²) < 4.78 is 5.68. The van der Waals surface area contributed by atoms with Gasteiger partial charge in [0.2, 0.25) is 0 Å². The average molecular weight is 311 g/mol. The smallest absolute Gasteiger partial charge is 0.258 e. The number of ether oxygens (including phenoxy) is 1. The van der Waals surface area contributed by atoms with Gasteiger partial charge >= 0.3 is 0 Å². The Labute approximate surface area is 138 Å². The Morgan fingerprint density at radius 1 is 1.04 bits per heavy atom. The molecule has 0 spiro atoms. The lowest BCUT2D eigenvalue weighted by atomic mass is 10.1. The van der Waals surface area contributed by atoms with Gasteiger partial charge in [-0.2, -0.15) is 0 Å². The van der Waals surface area contributed by atoms with Gasteiger partial charge in [-0.05, 0) is 50.3 Å². The summed E-state index contributed by atoms with van der Waals surface area (Å²) in [6.45, 7) is 6.06. The summed E-state index contributed by atoms with van der Waals surface area (Å²) in [5.74, 6) is 0.729. The summed E-state index contributed by atoms with van der Waals surface area (Å²) in [5, 5.41) is 3.00. The molecule has 0 saturated carbocycles. The first kappa shape index (κ1) is 17.1. The highest BCUT2D eigenvalue weighted by Crippen LogP contribution is 2.22. The Kier molecular flexibility index (Phi) is 6.21. The molecule has 0 unspecified atom stereocenters. The van der Waals surface area contributed by atoms with Crippen LogP contribution in [0.15, 0.2) is 48.5 Å². The van der Waals surface area contributed by atoms with Crippen LogP contribution in [-0.2, 0) is 11.2 Å². The van der Waals surface area contributed by atoms with Gasteiger partial charge in [0.25, 0.3) is 5.91 Å². The average Bonchev–Trinajstić information content (AvgIpc) is 2.53. The van der Waals surface area contributed by atoms with Gasteiger partial charge in [0.05, 0.1) is 0 Å². The first-order valence-electron chi connectivity index (χ1n) is 8.08. The zero-order valence-electron chi connectivity index (χ0n) is 14.1. The quantitative estimate of drug-likeness (QED) is 0.844. The van der Waals surface area contributed by atoms with Crippen molar-refractivity contribution < 1.29 is 9.53 Å². The van der Waals surface area contributed by atoms with Crippen LogP contribution in [0.4, 0.5) is 0 Å². The van der Waals surface area contributed by atoms with E-state index >= 15 is 0 Å². The van der Waals surface area contributed by atoms with Crippen molar-refractivity contribution >= 4 is 5.91 Å². The first-order valence-corrected chi connectivity index (χ1v) is 8.08. The predicted molar refractivity (Wildman–Crippen MR) is 93.8 cm³/mol. The summed E-state index contributed by atoms with van der Waals surface area (Å²) in [6.07, 6.45) is 1.87. The third-order valence-electron chi connectivity index (χ3n) is 3.87. The van der Waals surface area contributed by atoms with Crippen molar-refractivity contribution in [3.63, 3.8) is 0 Å². The normalized spacial score (nSPS) is 11.8. The van der Waals surface area contributed by atoms with Crippen LogP contribution in [0.3, 0.4) is 0 Å². The van der Waals surface area contributed by atoms with E-state index in [2.05, 4.69) is 17.4 Å². The SMILES string of the molecule is Cc1cccc(C)c1OCC(=O)N[C@H](C)CCc1ccccc1. The van der Waals surface area contributed by atoms with Gasteiger partial charge in [-0.1, -0.05) is 48.5 Å². The standard InChI is InChI=1S/C20H25NO2/c1-15-8-7-9-16(2)20(15)23-14-19(22)21-17(3)12-13-18-10-5-4-6-11-18/h4-11,17H,12-14H2,1-3H3,(H,21,22)/t17-/m1/s1. The van der Waals surface area contributed by atoms with Crippen LogP contribution < -0.4 is 10.1 Å². The van der Waals surface area contributed by atoms with Crippen molar-refractivity contribution in [2.45, 2.75) is 39.7 Å². The molecule has 1 N–H and O–H groups in total. The Morgan fingerprint density at radius 3 is 2.35 bits per heavy atom. The van der Waals surface area contributed by atoms with E-state index in [0.717, 1.165) is 29.7 Å². The summed E-state index contributed by atoms with van der Waals surface area (Å²) in [4.78, 5) is 12.0. The van der Waals surface area contributed by atoms with E-state index in [1.807, 2.05) is 57.2 Å². The molecule has 3 heteroatoms. The van der Waals surface area contributed by atoms with Gasteiger partial charge in [0.15, 0.2) is 6.61 Å². The van der Waals surface area contributed by atoms with Gasteiger partial charge in [0, 0.05) is 6.04 Å². The van der Waals surface area contributed by atoms with E-state index in [-0.39, 0.29) is 18.6 Å². The van der Waals surface area contributed by atoms with Crippen LogP contribution in [0.25, 0.3) is 0 Å². The third kappa shape index (κ3) is 5.44. The number of amides is 1. The molecule has 0 radical (unpaired) electrons. The minimum absolute atomic E-state index is 0.0569. The third-order valence-corrected chi connectivity index (χ3v) is 3.87. The maximum Gasteiger partial charge on any atom is 0.258 e. The molecule has 0 aliphatic carbocycles. The second-order valence-electron chi connectivity index (χ2n) is 6.00. The minimum atomic E-state index is -0.0757. The highest BCUT2D eigenvalue weighted by atomic mass is 16.5. The summed E-state index contributed by atoms with van der Waals surface area (Å²) in [5.41, 5.74) is 3.39. The molecule has 0 saturated heterocycles. The topological polar surface area (TPSA) is 38.3 Å². The largest absolute Gasteiger partial charge is 0.483 e. The second-order valence-corrected chi connectivity index (χ2v) is 6.00. The Bertz CT molecular complexity index is 617. The molecule has 2 aromatic rings. The number of benzene rings is 2. The monoisotopic (exact) mass is 311 g/mol. The molecule has 2 rings (SSSR count). The second kappa shape index (κ2) is 8.37. The highest BCUT2D eigenvalue weighted by molar-refractivity contribution is 5.77. The fourth-order valence-electron chi connectivity index (χ4n) is 2.58. The van der Waals surface area contributed by atoms with E-state index < -0.39 is 0 Å². The molecular weight excluding hydrogens is 286 g/mol. The van der Waals surface area contributed by atoms with E-state index in [9.17, 15) is 4.79 Å². The summed E-state index contributed by atoms with van der Waals surface area (Å²) in [7, 11) is 0. The van der Waals surface area contributed by atoms with E-state index in [0.29, 0.717) is 0 Å². The zero-order valence-corrected chi connectivity index (χ0v) is 14.1. The van der Waals surface area contributed by atoms with Crippen molar-refractivity contribution in [2.75, 3.05) is 6.61 Å². The lowest BCUT2D eigenvalue weighted by Gasteiger charge is -2.16. The molecule has 1 amide bonds. The van der Waals surface area contributed by atoms with Crippen molar-refractivity contribution in [2.24, 2.45) is 0 Å². The summed E-state index contributed by atoms with van der Waals surface area (Å²) in [6, 6.07) is 16.4. The van der Waals surface area contributed by atoms with Crippen LogP contribution in [0.5, 0.6) is 5.75 Å².